The molecule has 1 saturated heterocycles. The molecule has 4 nitrogen and oxygen atoms in total. The molecule has 0 aromatic carbocycles. The molecule has 0 N–H and O–H groups in total. The maximum Gasteiger partial charge on any atom is 0.173 e. The van der Waals surface area contributed by atoms with Gasteiger partial charge in [0.1, 0.15) is 11.6 Å². The number of carbonyl (C=O) groups excluding carboxylic acids is 2. The van der Waals surface area contributed by atoms with Crippen LogP contribution in [0.25, 0.3) is 0 Å². The third-order valence-corrected chi connectivity index (χ3v) is 5.63. The Hall–Kier alpha value is -0.740. The van der Waals surface area contributed by atoms with Gasteiger partial charge in [-0.1, -0.05) is 20.8 Å². The summed E-state index contributed by atoms with van der Waals surface area (Å²) in [5, 5.41) is 0. The van der Waals surface area contributed by atoms with Crippen LogP contribution in [0.1, 0.15) is 40.5 Å². The van der Waals surface area contributed by atoms with Crippen LogP contribution in [0.4, 0.5) is 0 Å². The molecule has 4 rings (SSSR count). The van der Waals surface area contributed by atoms with Crippen molar-refractivity contribution in [1.29, 1.82) is 0 Å². The standard InChI is InChI=1S/C15H22O4/c1-9(16)10-7-11-13(2,3)12(17)14(10,4)8-15(11)18-5-6-19-15/h10-11H,5-8H2,1-4H3/t10-,11+,14-/m0/s1. The smallest absolute Gasteiger partial charge is 0.173 e. The number of rotatable bonds is 1. The van der Waals surface area contributed by atoms with E-state index in [0.717, 1.165) is 0 Å². The number of carbonyl (C=O) groups is 2. The fourth-order valence-corrected chi connectivity index (χ4v) is 4.80. The number of hydrogen-bond acceptors (Lipinski definition) is 4. The molecule has 3 atom stereocenters. The number of ether oxygens (including phenoxy) is 2. The van der Waals surface area contributed by atoms with Crippen LogP contribution in [-0.2, 0) is 19.1 Å². The molecule has 4 heteroatoms. The second kappa shape index (κ2) is 3.67. The molecule has 0 amide bonds. The second-order valence-electron chi connectivity index (χ2n) is 7.11. The Bertz CT molecular complexity index is 447. The Balaban J connectivity index is 2.10. The van der Waals surface area contributed by atoms with Crippen LogP contribution in [0.15, 0.2) is 0 Å². The van der Waals surface area contributed by atoms with Gasteiger partial charge in [0.25, 0.3) is 0 Å². The van der Waals surface area contributed by atoms with E-state index in [1.165, 1.54) is 0 Å². The topological polar surface area (TPSA) is 52.6 Å². The summed E-state index contributed by atoms with van der Waals surface area (Å²) >= 11 is 0. The highest BCUT2D eigenvalue weighted by Gasteiger charge is 2.70. The van der Waals surface area contributed by atoms with E-state index in [0.29, 0.717) is 26.1 Å². The summed E-state index contributed by atoms with van der Waals surface area (Å²) < 4.78 is 11.8. The van der Waals surface area contributed by atoms with E-state index in [9.17, 15) is 9.59 Å². The van der Waals surface area contributed by atoms with Crippen molar-refractivity contribution in [2.45, 2.75) is 46.3 Å². The molecule has 1 aliphatic heterocycles. The number of hydrogen-bond donors (Lipinski definition) is 0. The first-order chi connectivity index (χ1) is 8.74. The zero-order valence-electron chi connectivity index (χ0n) is 12.1. The fraction of sp³-hybridized carbons (Fsp3) is 0.867. The Labute approximate surface area is 113 Å². The Kier molecular flexibility index (Phi) is 2.56. The van der Waals surface area contributed by atoms with E-state index in [4.69, 9.17) is 9.47 Å². The van der Waals surface area contributed by atoms with E-state index in [2.05, 4.69) is 0 Å². The molecule has 19 heavy (non-hydrogen) atoms. The average Bonchev–Trinajstić information content (AvgIpc) is 2.73. The molecule has 0 unspecified atom stereocenters. The van der Waals surface area contributed by atoms with E-state index in [-0.39, 0.29) is 23.4 Å². The SMILES string of the molecule is CC(=O)[C@@H]1C[C@H]2C3(C[C@]1(C)C(=O)C2(C)C)OCCO3. The minimum absolute atomic E-state index is 0.0225. The van der Waals surface area contributed by atoms with Crippen LogP contribution in [0.5, 0.6) is 0 Å². The summed E-state index contributed by atoms with van der Waals surface area (Å²) in [5.41, 5.74) is -1.13. The molecule has 4 aliphatic rings. The van der Waals surface area contributed by atoms with Gasteiger partial charge < -0.3 is 9.47 Å². The first kappa shape index (κ1) is 13.3. The highest BCUT2D eigenvalue weighted by atomic mass is 16.7. The van der Waals surface area contributed by atoms with Crippen LogP contribution >= 0.6 is 0 Å². The molecule has 1 spiro atoms. The molecule has 0 aromatic heterocycles. The van der Waals surface area contributed by atoms with E-state index in [1.54, 1.807) is 6.92 Å². The van der Waals surface area contributed by atoms with Crippen molar-refractivity contribution < 1.29 is 19.1 Å². The van der Waals surface area contributed by atoms with Crippen LogP contribution < -0.4 is 0 Å². The maximum absolute atomic E-state index is 12.8. The van der Waals surface area contributed by atoms with Gasteiger partial charge in [-0.25, -0.2) is 0 Å². The van der Waals surface area contributed by atoms with Crippen LogP contribution in [-0.4, -0.2) is 30.6 Å². The lowest BCUT2D eigenvalue weighted by atomic mass is 9.44. The number of ketones is 2. The summed E-state index contributed by atoms with van der Waals surface area (Å²) in [4.78, 5) is 24.7. The van der Waals surface area contributed by atoms with Gasteiger partial charge in [0.15, 0.2) is 5.79 Å². The zero-order valence-corrected chi connectivity index (χ0v) is 12.1. The molecular formula is C15H22O4. The van der Waals surface area contributed by atoms with Crippen molar-refractivity contribution in [1.82, 2.24) is 0 Å². The summed E-state index contributed by atoms with van der Waals surface area (Å²) in [7, 11) is 0. The summed E-state index contributed by atoms with van der Waals surface area (Å²) in [5.74, 6) is -0.537. The Morgan fingerprint density at radius 1 is 1.21 bits per heavy atom. The van der Waals surface area contributed by atoms with Gasteiger partial charge >= 0.3 is 0 Å². The maximum atomic E-state index is 12.8. The first-order valence-corrected chi connectivity index (χ1v) is 7.07. The largest absolute Gasteiger partial charge is 0.347 e. The lowest BCUT2D eigenvalue weighted by molar-refractivity contribution is -0.281. The van der Waals surface area contributed by atoms with Crippen molar-refractivity contribution in [2.75, 3.05) is 13.2 Å². The fourth-order valence-electron chi connectivity index (χ4n) is 4.80. The van der Waals surface area contributed by atoms with E-state index < -0.39 is 16.6 Å². The highest BCUT2D eigenvalue weighted by molar-refractivity contribution is 5.97. The lowest BCUT2D eigenvalue weighted by Crippen LogP contribution is -2.68. The monoisotopic (exact) mass is 266 g/mol. The first-order valence-electron chi connectivity index (χ1n) is 7.07. The predicted octanol–water partition coefficient (Wildman–Crippen LogP) is 1.96. The van der Waals surface area contributed by atoms with Gasteiger partial charge in [-0.05, 0) is 13.3 Å². The summed E-state index contributed by atoms with van der Waals surface area (Å²) in [6.07, 6.45) is 1.22. The van der Waals surface area contributed by atoms with Gasteiger partial charge in [0.2, 0.25) is 0 Å². The molecule has 2 bridgehead atoms. The normalized spacial score (nSPS) is 42.8. The van der Waals surface area contributed by atoms with Crippen molar-refractivity contribution in [3.63, 3.8) is 0 Å². The molecule has 0 aromatic rings. The van der Waals surface area contributed by atoms with Crippen molar-refractivity contribution in [3.05, 3.63) is 0 Å². The minimum Gasteiger partial charge on any atom is -0.347 e. The van der Waals surface area contributed by atoms with E-state index in [1.807, 2.05) is 20.8 Å². The third kappa shape index (κ3) is 1.47. The molecule has 3 aliphatic carbocycles. The number of fused-ring (bicyclic) bond motifs is 2. The third-order valence-electron chi connectivity index (χ3n) is 5.63. The number of Topliss-reactive ketones (excluding diaryl/α,β-unsaturated/α-hetero) is 2. The predicted molar refractivity (Wildman–Crippen MR) is 68.4 cm³/mol. The van der Waals surface area contributed by atoms with Gasteiger partial charge in [-0.3, -0.25) is 9.59 Å². The molecule has 106 valence electrons. The molecule has 1 heterocycles. The minimum atomic E-state index is -0.644. The van der Waals surface area contributed by atoms with Crippen LogP contribution in [0.3, 0.4) is 0 Å². The van der Waals surface area contributed by atoms with Crippen molar-refractivity contribution in [3.8, 4) is 0 Å². The Morgan fingerprint density at radius 2 is 1.79 bits per heavy atom. The average molecular weight is 266 g/mol. The molecular weight excluding hydrogens is 244 g/mol. The molecule has 3 saturated carbocycles. The van der Waals surface area contributed by atoms with E-state index >= 15 is 0 Å². The van der Waals surface area contributed by atoms with Gasteiger partial charge in [-0.2, -0.15) is 0 Å². The zero-order chi connectivity index (χ0) is 14.1. The quantitative estimate of drug-likeness (QED) is 0.728. The summed E-state index contributed by atoms with van der Waals surface area (Å²) in [6, 6.07) is 0. The molecule has 0 radical (unpaired) electrons. The Morgan fingerprint density at radius 3 is 2.32 bits per heavy atom. The van der Waals surface area contributed by atoms with Gasteiger partial charge in [0, 0.05) is 29.1 Å². The van der Waals surface area contributed by atoms with Crippen LogP contribution in [0, 0.1) is 22.7 Å². The van der Waals surface area contributed by atoms with Gasteiger partial charge in [-0.15, -0.1) is 0 Å². The van der Waals surface area contributed by atoms with Crippen molar-refractivity contribution in [2.24, 2.45) is 22.7 Å². The summed E-state index contributed by atoms with van der Waals surface area (Å²) in [6.45, 7) is 8.63. The lowest BCUT2D eigenvalue weighted by Gasteiger charge is -2.61. The molecule has 4 fully saturated rings. The van der Waals surface area contributed by atoms with Crippen molar-refractivity contribution >= 4 is 11.6 Å². The van der Waals surface area contributed by atoms with Gasteiger partial charge in [0.05, 0.1) is 13.2 Å². The highest BCUT2D eigenvalue weighted by Crippen LogP contribution is 2.64. The second-order valence-corrected chi connectivity index (χ2v) is 7.11. The van der Waals surface area contributed by atoms with Crippen LogP contribution in [0.2, 0.25) is 0 Å².